The van der Waals surface area contributed by atoms with Crippen LogP contribution in [0.4, 0.5) is 0 Å². The first-order valence-corrected chi connectivity index (χ1v) is 7.96. The van der Waals surface area contributed by atoms with E-state index < -0.39 is 0 Å². The van der Waals surface area contributed by atoms with E-state index in [2.05, 4.69) is 32.6 Å². The van der Waals surface area contributed by atoms with Crippen LogP contribution in [0.25, 0.3) is 0 Å². The third-order valence-corrected chi connectivity index (χ3v) is 5.38. The Labute approximate surface area is 113 Å². The Hall–Kier alpha value is -0.0800. The first-order valence-electron chi connectivity index (χ1n) is 7.96. The van der Waals surface area contributed by atoms with Gasteiger partial charge in [-0.2, -0.15) is 0 Å². The Kier molecular flexibility index (Phi) is 4.71. The second-order valence-electron chi connectivity index (χ2n) is 7.01. The molecule has 6 atom stereocenters. The molecule has 2 nitrogen and oxygen atoms in total. The lowest BCUT2D eigenvalue weighted by molar-refractivity contribution is -0.0586. The lowest BCUT2D eigenvalue weighted by atomic mass is 9.75. The van der Waals surface area contributed by atoms with Gasteiger partial charge in [0.25, 0.3) is 0 Å². The van der Waals surface area contributed by atoms with Crippen molar-refractivity contribution in [1.82, 2.24) is 4.90 Å². The maximum atomic E-state index is 10.5. The molecule has 1 saturated carbocycles. The zero-order valence-corrected chi connectivity index (χ0v) is 12.6. The molecular formula is C16H31NO. The van der Waals surface area contributed by atoms with Crippen LogP contribution in [-0.2, 0) is 0 Å². The Bertz CT molecular complexity index is 256. The van der Waals surface area contributed by atoms with Gasteiger partial charge in [0.1, 0.15) is 0 Å². The van der Waals surface area contributed by atoms with Crippen LogP contribution in [0.2, 0.25) is 0 Å². The zero-order valence-electron chi connectivity index (χ0n) is 12.6. The van der Waals surface area contributed by atoms with Crippen LogP contribution >= 0.6 is 0 Å². The summed E-state index contributed by atoms with van der Waals surface area (Å²) in [7, 11) is 0. The number of nitrogens with zero attached hydrogens (tertiary/aromatic N) is 1. The molecule has 1 saturated heterocycles. The molecule has 1 aliphatic heterocycles. The summed E-state index contributed by atoms with van der Waals surface area (Å²) in [4.78, 5) is 2.64. The van der Waals surface area contributed by atoms with E-state index in [-0.39, 0.29) is 6.10 Å². The third kappa shape index (κ3) is 2.91. The van der Waals surface area contributed by atoms with Gasteiger partial charge >= 0.3 is 0 Å². The number of hydrogen-bond acceptors (Lipinski definition) is 2. The number of rotatable bonds is 2. The summed E-state index contributed by atoms with van der Waals surface area (Å²) in [6.07, 6.45) is 6.14. The number of likely N-dealkylation sites (tertiary alicyclic amines) is 1. The Balaban J connectivity index is 2.07. The molecule has 1 aliphatic carbocycles. The Morgan fingerprint density at radius 2 is 1.83 bits per heavy atom. The lowest BCUT2D eigenvalue weighted by Gasteiger charge is -2.49. The Morgan fingerprint density at radius 1 is 1.11 bits per heavy atom. The minimum absolute atomic E-state index is 0.109. The fourth-order valence-corrected chi connectivity index (χ4v) is 4.31. The molecule has 6 unspecified atom stereocenters. The molecule has 2 aliphatic rings. The maximum Gasteiger partial charge on any atom is 0.0700 e. The molecule has 0 aromatic rings. The number of aliphatic hydroxyl groups is 1. The summed E-state index contributed by atoms with van der Waals surface area (Å²) in [5, 5.41) is 10.5. The molecule has 1 N–H and O–H groups in total. The molecule has 0 amide bonds. The lowest BCUT2D eigenvalue weighted by Crippen LogP contribution is -2.57. The van der Waals surface area contributed by atoms with E-state index in [0.717, 1.165) is 12.3 Å². The van der Waals surface area contributed by atoms with Crippen molar-refractivity contribution in [2.45, 2.75) is 78.0 Å². The quantitative estimate of drug-likeness (QED) is 0.816. The molecule has 0 spiro atoms. The monoisotopic (exact) mass is 253 g/mol. The van der Waals surface area contributed by atoms with Crippen LogP contribution in [0.15, 0.2) is 0 Å². The van der Waals surface area contributed by atoms with Crippen molar-refractivity contribution >= 4 is 0 Å². The van der Waals surface area contributed by atoms with Crippen LogP contribution in [0.1, 0.15) is 59.8 Å². The van der Waals surface area contributed by atoms with Crippen LogP contribution in [0.5, 0.6) is 0 Å². The second-order valence-corrected chi connectivity index (χ2v) is 7.01. The summed E-state index contributed by atoms with van der Waals surface area (Å²) in [6.45, 7) is 10.5. The van der Waals surface area contributed by atoms with E-state index >= 15 is 0 Å². The highest BCUT2D eigenvalue weighted by atomic mass is 16.3. The predicted octanol–water partition coefficient (Wildman–Crippen LogP) is 3.29. The summed E-state index contributed by atoms with van der Waals surface area (Å²) in [6, 6.07) is 1.06. The molecule has 106 valence electrons. The van der Waals surface area contributed by atoms with Crippen molar-refractivity contribution in [2.24, 2.45) is 17.8 Å². The van der Waals surface area contributed by atoms with E-state index in [9.17, 15) is 5.11 Å². The highest BCUT2D eigenvalue weighted by molar-refractivity contribution is 4.94. The third-order valence-electron chi connectivity index (χ3n) is 5.38. The van der Waals surface area contributed by atoms with Gasteiger partial charge in [-0.3, -0.25) is 4.90 Å². The summed E-state index contributed by atoms with van der Waals surface area (Å²) in [5.74, 6) is 2.18. The average molecular weight is 253 g/mol. The zero-order chi connectivity index (χ0) is 13.3. The van der Waals surface area contributed by atoms with Crippen molar-refractivity contribution in [3.05, 3.63) is 0 Å². The summed E-state index contributed by atoms with van der Waals surface area (Å²) >= 11 is 0. The average Bonchev–Trinajstić information content (AvgIpc) is 2.30. The maximum absolute atomic E-state index is 10.5. The molecule has 0 aromatic heterocycles. The van der Waals surface area contributed by atoms with E-state index in [0.29, 0.717) is 23.9 Å². The number of hydrogen-bond donors (Lipinski definition) is 1. The Morgan fingerprint density at radius 3 is 2.44 bits per heavy atom. The van der Waals surface area contributed by atoms with Gasteiger partial charge in [-0.25, -0.2) is 0 Å². The highest BCUT2D eigenvalue weighted by Crippen LogP contribution is 2.36. The van der Waals surface area contributed by atoms with Crippen LogP contribution in [0.3, 0.4) is 0 Å². The topological polar surface area (TPSA) is 23.5 Å². The first kappa shape index (κ1) is 14.3. The van der Waals surface area contributed by atoms with Crippen LogP contribution in [-0.4, -0.2) is 34.7 Å². The second kappa shape index (κ2) is 5.92. The molecule has 0 aromatic carbocycles. The molecule has 0 radical (unpaired) electrons. The van der Waals surface area contributed by atoms with Crippen molar-refractivity contribution < 1.29 is 5.11 Å². The van der Waals surface area contributed by atoms with Gasteiger partial charge < -0.3 is 5.11 Å². The molecule has 1 heterocycles. The number of aliphatic hydroxyl groups excluding tert-OH is 1. The van der Waals surface area contributed by atoms with Gasteiger partial charge in [-0.15, -0.1) is 0 Å². The van der Waals surface area contributed by atoms with Crippen molar-refractivity contribution in [3.8, 4) is 0 Å². The fourth-order valence-electron chi connectivity index (χ4n) is 4.31. The standard InChI is InChI=1S/C16H31NO/c1-5-14-7-6-13(4)17(10-14)16-12(3)8-11(2)9-15(16)18/h11-16,18H,5-10H2,1-4H3. The van der Waals surface area contributed by atoms with Crippen LogP contribution in [0, 0.1) is 17.8 Å². The SMILES string of the molecule is CCC1CCC(C)N(C2C(C)CC(C)CC2O)C1. The van der Waals surface area contributed by atoms with E-state index in [1.54, 1.807) is 0 Å². The molecular weight excluding hydrogens is 222 g/mol. The molecule has 18 heavy (non-hydrogen) atoms. The van der Waals surface area contributed by atoms with Crippen molar-refractivity contribution in [2.75, 3.05) is 6.54 Å². The van der Waals surface area contributed by atoms with E-state index in [1.165, 1.54) is 32.2 Å². The van der Waals surface area contributed by atoms with E-state index in [4.69, 9.17) is 0 Å². The normalized spacial score (nSPS) is 47.2. The number of piperidine rings is 1. The van der Waals surface area contributed by atoms with Crippen molar-refractivity contribution in [3.63, 3.8) is 0 Å². The predicted molar refractivity (Wildman–Crippen MR) is 76.5 cm³/mol. The van der Waals surface area contributed by atoms with Gasteiger partial charge in [0.2, 0.25) is 0 Å². The van der Waals surface area contributed by atoms with E-state index in [1.807, 2.05) is 0 Å². The van der Waals surface area contributed by atoms with Gasteiger partial charge in [-0.1, -0.05) is 27.2 Å². The smallest absolute Gasteiger partial charge is 0.0700 e. The highest BCUT2D eigenvalue weighted by Gasteiger charge is 2.40. The van der Waals surface area contributed by atoms with Crippen LogP contribution < -0.4 is 0 Å². The van der Waals surface area contributed by atoms with Crippen molar-refractivity contribution in [1.29, 1.82) is 0 Å². The molecule has 2 rings (SSSR count). The van der Waals surface area contributed by atoms with Gasteiger partial charge in [0, 0.05) is 18.6 Å². The van der Waals surface area contributed by atoms with Gasteiger partial charge in [-0.05, 0) is 50.4 Å². The van der Waals surface area contributed by atoms with Gasteiger partial charge in [0.05, 0.1) is 6.10 Å². The summed E-state index contributed by atoms with van der Waals surface area (Å²) < 4.78 is 0. The molecule has 0 bridgehead atoms. The minimum Gasteiger partial charge on any atom is -0.391 e. The largest absolute Gasteiger partial charge is 0.391 e. The van der Waals surface area contributed by atoms with Gasteiger partial charge in [0.15, 0.2) is 0 Å². The molecule has 2 heteroatoms. The summed E-state index contributed by atoms with van der Waals surface area (Å²) in [5.41, 5.74) is 0. The minimum atomic E-state index is -0.109. The first-order chi connectivity index (χ1) is 8.52. The molecule has 2 fully saturated rings. The fraction of sp³-hybridized carbons (Fsp3) is 1.00.